The molecule has 202 valence electrons. The minimum absolute atomic E-state index is 0.0274. The summed E-state index contributed by atoms with van der Waals surface area (Å²) in [6, 6.07) is 17.3. The summed E-state index contributed by atoms with van der Waals surface area (Å²) in [5, 5.41) is 18.1. The second-order valence-corrected chi connectivity index (χ2v) is 9.43. The number of phenolic OH excluding ortho intramolecular Hbond substituents is 1. The van der Waals surface area contributed by atoms with E-state index in [1.54, 1.807) is 61.7 Å². The minimum Gasteiger partial charge on any atom is -0.508 e. The molecule has 0 saturated carbocycles. The fraction of sp³-hybridized carbons (Fsp3) is 0.133. The molecule has 4 N–H and O–H groups in total. The van der Waals surface area contributed by atoms with Crippen molar-refractivity contribution in [3.8, 4) is 16.9 Å². The molecule has 1 atom stereocenters. The summed E-state index contributed by atoms with van der Waals surface area (Å²) in [5.41, 5.74) is 9.03. The summed E-state index contributed by atoms with van der Waals surface area (Å²) < 4.78 is 29.6. The largest absolute Gasteiger partial charge is 0.508 e. The molecule has 0 aliphatic heterocycles. The van der Waals surface area contributed by atoms with Crippen molar-refractivity contribution < 1.29 is 23.5 Å². The molecule has 3 aromatic carbocycles. The van der Waals surface area contributed by atoms with E-state index in [0.717, 1.165) is 11.5 Å². The van der Waals surface area contributed by atoms with Crippen LogP contribution in [0.3, 0.4) is 0 Å². The van der Waals surface area contributed by atoms with Crippen molar-refractivity contribution in [3.63, 3.8) is 0 Å². The van der Waals surface area contributed by atoms with Gasteiger partial charge in [0.15, 0.2) is 0 Å². The van der Waals surface area contributed by atoms with Crippen LogP contribution >= 0.6 is 0 Å². The van der Waals surface area contributed by atoms with Gasteiger partial charge in [-0.15, -0.1) is 0 Å². The van der Waals surface area contributed by atoms with Crippen LogP contribution in [-0.2, 0) is 17.8 Å². The smallest absolute Gasteiger partial charge is 0.248 e. The predicted octanol–water partition coefficient (Wildman–Crippen LogP) is 4.59. The van der Waals surface area contributed by atoms with Crippen LogP contribution < -0.4 is 11.1 Å². The molecule has 8 nitrogen and oxygen atoms in total. The normalized spacial score (nSPS) is 11.9. The number of primary amides is 1. The molecule has 0 aliphatic rings. The van der Waals surface area contributed by atoms with Gasteiger partial charge in [-0.2, -0.15) is 5.10 Å². The molecule has 0 aliphatic carbocycles. The SMILES string of the molecule is Cc1nn(CC(=O)NC(Cc2cc(F)cc(F)c2)c2ncccc2-c2cccc(C(N)=O)c2)c2cc(O)ccc12. The highest BCUT2D eigenvalue weighted by Gasteiger charge is 2.23. The number of hydrogen-bond donors (Lipinski definition) is 3. The lowest BCUT2D eigenvalue weighted by Gasteiger charge is -2.22. The van der Waals surface area contributed by atoms with E-state index in [-0.39, 0.29) is 18.7 Å². The van der Waals surface area contributed by atoms with Crippen molar-refractivity contribution in [1.82, 2.24) is 20.1 Å². The van der Waals surface area contributed by atoms with E-state index in [1.807, 2.05) is 0 Å². The van der Waals surface area contributed by atoms with Crippen molar-refractivity contribution >= 4 is 22.7 Å². The number of hydrogen-bond acceptors (Lipinski definition) is 5. The Bertz CT molecular complexity index is 1730. The van der Waals surface area contributed by atoms with Crippen molar-refractivity contribution in [2.75, 3.05) is 0 Å². The van der Waals surface area contributed by atoms with E-state index < -0.39 is 29.5 Å². The number of aromatic hydroxyl groups is 1. The zero-order valence-corrected chi connectivity index (χ0v) is 21.4. The molecule has 0 saturated heterocycles. The molecule has 5 aromatic rings. The van der Waals surface area contributed by atoms with Gasteiger partial charge in [0.1, 0.15) is 23.9 Å². The topological polar surface area (TPSA) is 123 Å². The summed E-state index contributed by atoms with van der Waals surface area (Å²) in [6.45, 7) is 1.62. The zero-order valence-electron chi connectivity index (χ0n) is 21.4. The van der Waals surface area contributed by atoms with Crippen LogP contribution in [0.1, 0.15) is 33.4 Å². The molecular formula is C30H25F2N5O3. The van der Waals surface area contributed by atoms with Gasteiger partial charge in [0.2, 0.25) is 11.8 Å². The highest BCUT2D eigenvalue weighted by atomic mass is 19.1. The van der Waals surface area contributed by atoms with Gasteiger partial charge in [-0.3, -0.25) is 19.3 Å². The number of carbonyl (C=O) groups excluding carboxylic acids is 2. The molecule has 40 heavy (non-hydrogen) atoms. The third-order valence-electron chi connectivity index (χ3n) is 6.54. The number of nitrogens with zero attached hydrogens (tertiary/aromatic N) is 3. The molecule has 0 bridgehead atoms. The minimum atomic E-state index is -0.807. The lowest BCUT2D eigenvalue weighted by Crippen LogP contribution is -2.34. The second-order valence-electron chi connectivity index (χ2n) is 9.43. The van der Waals surface area contributed by atoms with Gasteiger partial charge >= 0.3 is 0 Å². The number of phenols is 1. The van der Waals surface area contributed by atoms with E-state index >= 15 is 0 Å². The summed E-state index contributed by atoms with van der Waals surface area (Å²) >= 11 is 0. The molecule has 10 heteroatoms. The van der Waals surface area contributed by atoms with Crippen molar-refractivity contribution in [3.05, 3.63) is 113 Å². The molecule has 2 heterocycles. The molecule has 0 radical (unpaired) electrons. The summed E-state index contributed by atoms with van der Waals surface area (Å²) in [6.07, 6.45) is 1.58. The van der Waals surface area contributed by atoms with Crippen LogP contribution in [0.15, 0.2) is 79.0 Å². The van der Waals surface area contributed by atoms with Gasteiger partial charge in [-0.05, 0) is 66.9 Å². The fourth-order valence-electron chi connectivity index (χ4n) is 4.78. The number of carbonyl (C=O) groups is 2. The average molecular weight is 542 g/mol. The van der Waals surface area contributed by atoms with Gasteiger partial charge in [-0.1, -0.05) is 18.2 Å². The van der Waals surface area contributed by atoms with Crippen LogP contribution in [-0.4, -0.2) is 31.7 Å². The van der Waals surface area contributed by atoms with Gasteiger partial charge in [-0.25, -0.2) is 8.78 Å². The maximum absolute atomic E-state index is 14.1. The van der Waals surface area contributed by atoms with Gasteiger partial charge < -0.3 is 16.2 Å². The van der Waals surface area contributed by atoms with Crippen molar-refractivity contribution in [2.24, 2.45) is 5.73 Å². The Kier molecular flexibility index (Phi) is 7.24. The number of nitrogens with two attached hydrogens (primary N) is 1. The maximum atomic E-state index is 14.1. The second kappa shape index (κ2) is 10.9. The number of aromatic nitrogens is 3. The number of nitrogens with one attached hydrogen (secondary N) is 1. The molecule has 0 fully saturated rings. The van der Waals surface area contributed by atoms with Crippen molar-refractivity contribution in [2.45, 2.75) is 25.9 Å². The van der Waals surface area contributed by atoms with Crippen LogP contribution in [0.4, 0.5) is 8.78 Å². The number of fused-ring (bicyclic) bond motifs is 1. The monoisotopic (exact) mass is 541 g/mol. The number of rotatable bonds is 8. The molecular weight excluding hydrogens is 516 g/mol. The molecule has 2 aromatic heterocycles. The first-order valence-electron chi connectivity index (χ1n) is 12.4. The van der Waals surface area contributed by atoms with Gasteiger partial charge in [0.05, 0.1) is 22.9 Å². The van der Waals surface area contributed by atoms with E-state index in [1.165, 1.54) is 22.9 Å². The molecule has 1 unspecified atom stereocenters. The van der Waals surface area contributed by atoms with Crippen molar-refractivity contribution in [1.29, 1.82) is 0 Å². The Morgan fingerprint density at radius 2 is 1.80 bits per heavy atom. The Morgan fingerprint density at radius 3 is 2.55 bits per heavy atom. The van der Waals surface area contributed by atoms with E-state index in [0.29, 0.717) is 39.2 Å². The Balaban J connectivity index is 1.53. The lowest BCUT2D eigenvalue weighted by molar-refractivity contribution is -0.122. The number of aryl methyl sites for hydroxylation is 1. The summed E-state index contributed by atoms with van der Waals surface area (Å²) in [5.74, 6) is -2.48. The molecule has 5 rings (SSSR count). The first kappa shape index (κ1) is 26.5. The summed E-state index contributed by atoms with van der Waals surface area (Å²) in [4.78, 5) is 29.7. The Hall–Kier alpha value is -5.12. The lowest BCUT2D eigenvalue weighted by atomic mass is 9.94. The highest BCUT2D eigenvalue weighted by molar-refractivity contribution is 5.94. The van der Waals surface area contributed by atoms with E-state index in [4.69, 9.17) is 5.73 Å². The third kappa shape index (κ3) is 5.65. The van der Waals surface area contributed by atoms with Gasteiger partial charge in [0, 0.05) is 34.8 Å². The molecule has 0 spiro atoms. The Labute approximate surface area is 228 Å². The zero-order chi connectivity index (χ0) is 28.4. The fourth-order valence-corrected chi connectivity index (χ4v) is 4.78. The van der Waals surface area contributed by atoms with E-state index in [2.05, 4.69) is 15.4 Å². The van der Waals surface area contributed by atoms with Crippen LogP contribution in [0.2, 0.25) is 0 Å². The number of benzene rings is 3. The summed E-state index contributed by atoms with van der Waals surface area (Å²) in [7, 11) is 0. The first-order chi connectivity index (χ1) is 19.2. The van der Waals surface area contributed by atoms with Crippen LogP contribution in [0, 0.1) is 18.6 Å². The number of amides is 2. The van der Waals surface area contributed by atoms with Gasteiger partial charge in [0.25, 0.3) is 0 Å². The van der Waals surface area contributed by atoms with Crippen LogP contribution in [0.25, 0.3) is 22.0 Å². The quantitative estimate of drug-likeness (QED) is 0.265. The van der Waals surface area contributed by atoms with Crippen LogP contribution in [0.5, 0.6) is 5.75 Å². The average Bonchev–Trinajstić information content (AvgIpc) is 3.21. The number of pyridine rings is 1. The number of halogens is 2. The molecule has 2 amide bonds. The maximum Gasteiger partial charge on any atom is 0.248 e. The van der Waals surface area contributed by atoms with E-state index in [9.17, 15) is 23.5 Å². The highest BCUT2D eigenvalue weighted by Crippen LogP contribution is 2.30. The first-order valence-corrected chi connectivity index (χ1v) is 12.4. The predicted molar refractivity (Wildman–Crippen MR) is 145 cm³/mol. The standard InChI is InChI=1S/C30H25F2N5O3/c1-17-24-8-7-23(38)15-27(24)37(36-17)16-28(39)35-26(12-18-10-21(31)14-22(32)11-18)29-25(6-3-9-34-29)19-4-2-5-20(13-19)30(33)40/h2-11,13-15,26,38H,12,16H2,1H3,(H2,33,40)(H,35,39). The Morgan fingerprint density at radius 1 is 1.02 bits per heavy atom. The third-order valence-corrected chi connectivity index (χ3v) is 6.54.